The lowest BCUT2D eigenvalue weighted by molar-refractivity contribution is -0.137. The van der Waals surface area contributed by atoms with Gasteiger partial charge in [0.25, 0.3) is 0 Å². The van der Waals surface area contributed by atoms with Gasteiger partial charge < -0.3 is 20.6 Å². The quantitative estimate of drug-likeness (QED) is 0.580. The van der Waals surface area contributed by atoms with Crippen LogP contribution in [0, 0.1) is 5.92 Å². The monoisotopic (exact) mass is 287 g/mol. The van der Waals surface area contributed by atoms with Crippen LogP contribution in [0.15, 0.2) is 0 Å². The Bertz CT molecular complexity index is 330. The number of rotatable bonds is 9. The summed E-state index contributed by atoms with van der Waals surface area (Å²) in [6.45, 7) is 7.22. The molecular formula is C13H25N3O4. The van der Waals surface area contributed by atoms with E-state index in [2.05, 4.69) is 10.6 Å². The molecule has 3 N–H and O–H groups in total. The topological polar surface area (TPSA) is 98.7 Å². The second kappa shape index (κ2) is 10.1. The van der Waals surface area contributed by atoms with Gasteiger partial charge in [0.05, 0.1) is 6.54 Å². The van der Waals surface area contributed by atoms with Crippen LogP contribution in [0.5, 0.6) is 0 Å². The molecule has 1 atom stereocenters. The van der Waals surface area contributed by atoms with Crippen molar-refractivity contribution < 1.29 is 19.5 Å². The Morgan fingerprint density at radius 3 is 2.25 bits per heavy atom. The first-order valence-corrected chi connectivity index (χ1v) is 6.91. The van der Waals surface area contributed by atoms with Gasteiger partial charge in [-0.2, -0.15) is 0 Å². The van der Waals surface area contributed by atoms with E-state index in [-0.39, 0.29) is 24.8 Å². The van der Waals surface area contributed by atoms with Gasteiger partial charge in [0, 0.05) is 26.1 Å². The number of likely N-dealkylation sites (N-methyl/N-ethyl adjacent to an activating group) is 1. The van der Waals surface area contributed by atoms with Crippen molar-refractivity contribution >= 4 is 17.9 Å². The molecule has 0 aliphatic carbocycles. The Morgan fingerprint density at radius 2 is 1.75 bits per heavy atom. The van der Waals surface area contributed by atoms with Crippen LogP contribution < -0.4 is 10.6 Å². The van der Waals surface area contributed by atoms with E-state index in [0.29, 0.717) is 26.1 Å². The van der Waals surface area contributed by atoms with Gasteiger partial charge in [-0.15, -0.1) is 0 Å². The number of nitrogens with zero attached hydrogens (tertiary/aromatic N) is 1. The second-order valence-corrected chi connectivity index (χ2v) is 4.67. The molecule has 0 saturated carbocycles. The molecular weight excluding hydrogens is 262 g/mol. The molecule has 0 aromatic heterocycles. The number of carbonyl (C=O) groups excluding carboxylic acids is 2. The van der Waals surface area contributed by atoms with Crippen LogP contribution in [-0.4, -0.2) is 54.1 Å². The molecule has 7 heteroatoms. The number of carboxylic acid groups (broad SMARTS) is 1. The third kappa shape index (κ3) is 8.34. The minimum Gasteiger partial charge on any atom is -0.481 e. The van der Waals surface area contributed by atoms with Crippen molar-refractivity contribution in [2.75, 3.05) is 26.2 Å². The van der Waals surface area contributed by atoms with Gasteiger partial charge in [0.15, 0.2) is 0 Å². The van der Waals surface area contributed by atoms with E-state index in [1.807, 2.05) is 20.8 Å². The molecule has 0 bridgehead atoms. The summed E-state index contributed by atoms with van der Waals surface area (Å²) in [4.78, 5) is 35.2. The first-order valence-electron chi connectivity index (χ1n) is 6.91. The number of hydrogen-bond donors (Lipinski definition) is 3. The lowest BCUT2D eigenvalue weighted by Crippen LogP contribution is -2.44. The molecule has 0 aliphatic rings. The minimum absolute atomic E-state index is 0.0307. The summed E-state index contributed by atoms with van der Waals surface area (Å²) in [5.74, 6) is -0.884. The molecule has 0 saturated heterocycles. The number of carboxylic acids is 1. The lowest BCUT2D eigenvalue weighted by Gasteiger charge is -2.19. The third-order valence-corrected chi connectivity index (χ3v) is 2.98. The molecule has 7 nitrogen and oxygen atoms in total. The summed E-state index contributed by atoms with van der Waals surface area (Å²) < 4.78 is 0. The molecule has 0 radical (unpaired) electrons. The molecule has 0 spiro atoms. The zero-order chi connectivity index (χ0) is 15.5. The van der Waals surface area contributed by atoms with Crippen molar-refractivity contribution in [1.29, 1.82) is 0 Å². The van der Waals surface area contributed by atoms with Gasteiger partial charge >= 0.3 is 12.0 Å². The Hall–Kier alpha value is -1.79. The predicted octanol–water partition coefficient (Wildman–Crippen LogP) is 0.655. The van der Waals surface area contributed by atoms with Crippen LogP contribution >= 0.6 is 0 Å². The van der Waals surface area contributed by atoms with Crippen molar-refractivity contribution in [3.05, 3.63) is 0 Å². The molecule has 0 aliphatic heterocycles. The van der Waals surface area contributed by atoms with Crippen LogP contribution in [0.2, 0.25) is 0 Å². The van der Waals surface area contributed by atoms with Crippen LogP contribution in [0.25, 0.3) is 0 Å². The fourth-order valence-electron chi connectivity index (χ4n) is 1.65. The molecule has 0 aromatic carbocycles. The normalized spacial score (nSPS) is 11.6. The highest BCUT2D eigenvalue weighted by molar-refractivity contribution is 5.83. The molecule has 0 fully saturated rings. The van der Waals surface area contributed by atoms with Crippen molar-refractivity contribution in [3.8, 4) is 0 Å². The largest absolute Gasteiger partial charge is 0.481 e. The highest BCUT2D eigenvalue weighted by Gasteiger charge is 2.11. The summed E-state index contributed by atoms with van der Waals surface area (Å²) in [6, 6.07) is -0.410. The number of carbonyl (C=O) groups is 3. The van der Waals surface area contributed by atoms with E-state index in [4.69, 9.17) is 5.11 Å². The fourth-order valence-corrected chi connectivity index (χ4v) is 1.65. The summed E-state index contributed by atoms with van der Waals surface area (Å²) in [5.41, 5.74) is 0. The Labute approximate surface area is 119 Å². The molecule has 1 unspecified atom stereocenters. The standard InChI is InChI=1S/C13H25N3O4/c1-4-16(5-2)11(17)9-15-13(20)14-8-10(3)6-7-12(18)19/h10H,4-9H2,1-3H3,(H,18,19)(H2,14,15,20). The Balaban J connectivity index is 3.83. The zero-order valence-corrected chi connectivity index (χ0v) is 12.4. The van der Waals surface area contributed by atoms with Gasteiger partial charge in [0.2, 0.25) is 5.91 Å². The number of hydrogen-bond acceptors (Lipinski definition) is 3. The summed E-state index contributed by atoms with van der Waals surface area (Å²) in [7, 11) is 0. The smallest absolute Gasteiger partial charge is 0.315 e. The van der Waals surface area contributed by atoms with Crippen LogP contribution in [0.4, 0.5) is 4.79 Å². The average Bonchev–Trinajstić information content (AvgIpc) is 2.41. The van der Waals surface area contributed by atoms with Crippen LogP contribution in [0.1, 0.15) is 33.6 Å². The molecule has 116 valence electrons. The number of amides is 3. The number of aliphatic carboxylic acids is 1. The molecule has 20 heavy (non-hydrogen) atoms. The third-order valence-electron chi connectivity index (χ3n) is 2.98. The van der Waals surface area contributed by atoms with E-state index in [9.17, 15) is 14.4 Å². The van der Waals surface area contributed by atoms with E-state index >= 15 is 0 Å². The van der Waals surface area contributed by atoms with E-state index in [1.165, 1.54) is 0 Å². The van der Waals surface area contributed by atoms with Gasteiger partial charge in [-0.25, -0.2) is 4.79 Å². The summed E-state index contributed by atoms with van der Waals surface area (Å²) in [5, 5.41) is 13.7. The first kappa shape index (κ1) is 18.2. The van der Waals surface area contributed by atoms with E-state index in [1.54, 1.807) is 4.90 Å². The average molecular weight is 287 g/mol. The maximum absolute atomic E-state index is 11.6. The van der Waals surface area contributed by atoms with Crippen molar-refractivity contribution in [3.63, 3.8) is 0 Å². The SMILES string of the molecule is CCN(CC)C(=O)CNC(=O)NCC(C)CCC(=O)O. The maximum atomic E-state index is 11.6. The number of nitrogens with one attached hydrogen (secondary N) is 2. The highest BCUT2D eigenvalue weighted by Crippen LogP contribution is 2.03. The lowest BCUT2D eigenvalue weighted by atomic mass is 10.1. The zero-order valence-electron chi connectivity index (χ0n) is 12.4. The summed E-state index contributed by atoms with van der Waals surface area (Å²) in [6.07, 6.45) is 0.596. The maximum Gasteiger partial charge on any atom is 0.315 e. The fraction of sp³-hybridized carbons (Fsp3) is 0.769. The van der Waals surface area contributed by atoms with E-state index in [0.717, 1.165) is 0 Å². The van der Waals surface area contributed by atoms with Crippen LogP contribution in [-0.2, 0) is 9.59 Å². The number of urea groups is 1. The molecule has 0 aromatic rings. The highest BCUT2D eigenvalue weighted by atomic mass is 16.4. The second-order valence-electron chi connectivity index (χ2n) is 4.67. The van der Waals surface area contributed by atoms with Gasteiger partial charge in [-0.05, 0) is 26.2 Å². The molecule has 3 amide bonds. The van der Waals surface area contributed by atoms with Gasteiger partial charge in [-0.3, -0.25) is 9.59 Å². The van der Waals surface area contributed by atoms with Crippen molar-refractivity contribution in [2.24, 2.45) is 5.92 Å². The van der Waals surface area contributed by atoms with Crippen molar-refractivity contribution in [2.45, 2.75) is 33.6 Å². The van der Waals surface area contributed by atoms with Gasteiger partial charge in [-0.1, -0.05) is 6.92 Å². The Kier molecular flexibility index (Phi) is 9.15. The molecule has 0 rings (SSSR count). The Morgan fingerprint density at radius 1 is 1.15 bits per heavy atom. The van der Waals surface area contributed by atoms with E-state index < -0.39 is 12.0 Å². The predicted molar refractivity (Wildman–Crippen MR) is 75.4 cm³/mol. The first-order chi connectivity index (χ1) is 9.40. The summed E-state index contributed by atoms with van der Waals surface area (Å²) >= 11 is 0. The minimum atomic E-state index is -0.842. The van der Waals surface area contributed by atoms with Crippen LogP contribution in [0.3, 0.4) is 0 Å². The molecule has 0 heterocycles. The van der Waals surface area contributed by atoms with Gasteiger partial charge in [0.1, 0.15) is 0 Å². The van der Waals surface area contributed by atoms with Crippen molar-refractivity contribution in [1.82, 2.24) is 15.5 Å².